The fraction of sp³-hybridized carbons (Fsp3) is 0.571. The summed E-state index contributed by atoms with van der Waals surface area (Å²) in [5.74, 6) is 0.506. The summed E-state index contributed by atoms with van der Waals surface area (Å²) in [6, 6.07) is 4.01. The van der Waals surface area contributed by atoms with Gasteiger partial charge >= 0.3 is 0 Å². The van der Waals surface area contributed by atoms with Crippen LogP contribution in [0.25, 0.3) is 0 Å². The summed E-state index contributed by atoms with van der Waals surface area (Å²) < 4.78 is 0. The zero-order valence-electron chi connectivity index (χ0n) is 10.5. The van der Waals surface area contributed by atoms with E-state index in [1.807, 2.05) is 12.1 Å². The lowest BCUT2D eigenvalue weighted by molar-refractivity contribution is -0.121. The maximum Gasteiger partial charge on any atom is 0.224 e. The molecule has 0 saturated heterocycles. The number of pyridine rings is 1. The Balaban J connectivity index is 1.75. The summed E-state index contributed by atoms with van der Waals surface area (Å²) in [4.78, 5) is 15.8. The van der Waals surface area contributed by atoms with Crippen LogP contribution in [0.2, 0.25) is 0 Å². The number of hydrogen-bond acceptors (Lipinski definition) is 3. The molecule has 98 valence electrons. The Hall–Kier alpha value is -1.42. The summed E-state index contributed by atoms with van der Waals surface area (Å²) in [7, 11) is 0. The third kappa shape index (κ3) is 3.81. The van der Waals surface area contributed by atoms with E-state index in [1.54, 1.807) is 12.4 Å². The summed E-state index contributed by atoms with van der Waals surface area (Å²) in [6.07, 6.45) is 7.81. The minimum Gasteiger partial charge on any atom is -0.396 e. The Morgan fingerprint density at radius 1 is 1.28 bits per heavy atom. The van der Waals surface area contributed by atoms with Crippen LogP contribution in [-0.2, 0) is 11.2 Å². The van der Waals surface area contributed by atoms with E-state index in [-0.39, 0.29) is 18.6 Å². The van der Waals surface area contributed by atoms with E-state index in [0.717, 1.165) is 31.2 Å². The van der Waals surface area contributed by atoms with Crippen LogP contribution in [0.1, 0.15) is 31.2 Å². The van der Waals surface area contributed by atoms with Gasteiger partial charge in [-0.2, -0.15) is 0 Å². The van der Waals surface area contributed by atoms with Gasteiger partial charge in [0.15, 0.2) is 0 Å². The summed E-state index contributed by atoms with van der Waals surface area (Å²) in [6.45, 7) is 0.275. The lowest BCUT2D eigenvalue weighted by Crippen LogP contribution is -2.38. The van der Waals surface area contributed by atoms with Crippen molar-refractivity contribution in [2.45, 2.75) is 38.1 Å². The van der Waals surface area contributed by atoms with Gasteiger partial charge in [-0.05, 0) is 49.3 Å². The van der Waals surface area contributed by atoms with Crippen molar-refractivity contribution >= 4 is 5.91 Å². The Kier molecular flexibility index (Phi) is 4.70. The van der Waals surface area contributed by atoms with Crippen molar-refractivity contribution < 1.29 is 9.90 Å². The largest absolute Gasteiger partial charge is 0.396 e. The molecule has 1 amide bonds. The van der Waals surface area contributed by atoms with Crippen LogP contribution in [0.5, 0.6) is 0 Å². The van der Waals surface area contributed by atoms with E-state index in [0.29, 0.717) is 12.3 Å². The fourth-order valence-corrected chi connectivity index (χ4v) is 2.45. The second kappa shape index (κ2) is 6.50. The summed E-state index contributed by atoms with van der Waals surface area (Å²) >= 11 is 0. The first kappa shape index (κ1) is 13.0. The lowest BCUT2D eigenvalue weighted by Gasteiger charge is -2.27. The molecule has 0 radical (unpaired) electrons. The quantitative estimate of drug-likeness (QED) is 0.844. The predicted octanol–water partition coefficient (Wildman–Crippen LogP) is 1.29. The molecule has 1 aliphatic rings. The third-order valence-electron chi connectivity index (χ3n) is 3.58. The molecule has 18 heavy (non-hydrogen) atoms. The number of carbonyl (C=O) groups excluding carboxylic acids is 1. The number of nitrogens with one attached hydrogen (secondary N) is 1. The van der Waals surface area contributed by atoms with Gasteiger partial charge in [-0.3, -0.25) is 9.78 Å². The van der Waals surface area contributed by atoms with Gasteiger partial charge < -0.3 is 10.4 Å². The summed E-state index contributed by atoms with van der Waals surface area (Å²) in [5.41, 5.74) is 0.992. The van der Waals surface area contributed by atoms with Gasteiger partial charge in [0.05, 0.1) is 6.42 Å². The van der Waals surface area contributed by atoms with Crippen LogP contribution < -0.4 is 5.32 Å². The van der Waals surface area contributed by atoms with Crippen molar-refractivity contribution in [1.82, 2.24) is 10.3 Å². The molecule has 1 aromatic rings. The monoisotopic (exact) mass is 248 g/mol. The van der Waals surface area contributed by atoms with Crippen molar-refractivity contribution in [2.24, 2.45) is 5.92 Å². The number of aliphatic hydroxyl groups is 1. The highest BCUT2D eigenvalue weighted by molar-refractivity contribution is 5.78. The third-order valence-corrected chi connectivity index (χ3v) is 3.58. The maximum absolute atomic E-state index is 11.9. The van der Waals surface area contributed by atoms with Crippen molar-refractivity contribution in [2.75, 3.05) is 6.61 Å². The average Bonchev–Trinajstić information content (AvgIpc) is 2.40. The van der Waals surface area contributed by atoms with Gasteiger partial charge in [0.1, 0.15) is 0 Å². The second-order valence-corrected chi connectivity index (χ2v) is 5.00. The number of amides is 1. The Labute approximate surface area is 107 Å². The van der Waals surface area contributed by atoms with E-state index in [9.17, 15) is 4.79 Å². The smallest absolute Gasteiger partial charge is 0.224 e. The van der Waals surface area contributed by atoms with E-state index in [1.165, 1.54) is 0 Å². The van der Waals surface area contributed by atoms with Gasteiger partial charge in [0.25, 0.3) is 0 Å². The minimum atomic E-state index is 0.0775. The fourth-order valence-electron chi connectivity index (χ4n) is 2.45. The van der Waals surface area contributed by atoms with E-state index in [4.69, 9.17) is 5.11 Å². The highest BCUT2D eigenvalue weighted by atomic mass is 16.3. The molecule has 0 bridgehead atoms. The molecular weight excluding hydrogens is 228 g/mol. The van der Waals surface area contributed by atoms with Crippen molar-refractivity contribution in [1.29, 1.82) is 0 Å². The molecule has 1 saturated carbocycles. The highest BCUT2D eigenvalue weighted by Crippen LogP contribution is 2.23. The van der Waals surface area contributed by atoms with Crippen LogP contribution >= 0.6 is 0 Å². The van der Waals surface area contributed by atoms with Gasteiger partial charge in [0, 0.05) is 25.0 Å². The van der Waals surface area contributed by atoms with Crippen molar-refractivity contribution in [3.05, 3.63) is 30.1 Å². The number of aromatic nitrogens is 1. The number of rotatable bonds is 4. The molecule has 0 unspecified atom stereocenters. The topological polar surface area (TPSA) is 62.2 Å². The molecule has 2 N–H and O–H groups in total. The van der Waals surface area contributed by atoms with Crippen LogP contribution in [-0.4, -0.2) is 28.6 Å². The molecule has 4 nitrogen and oxygen atoms in total. The molecule has 1 aromatic heterocycles. The molecular formula is C14H20N2O2. The minimum absolute atomic E-state index is 0.0775. The average molecular weight is 248 g/mol. The van der Waals surface area contributed by atoms with Crippen LogP contribution in [0.4, 0.5) is 0 Å². The Morgan fingerprint density at radius 3 is 2.56 bits per heavy atom. The molecule has 0 atom stereocenters. The first-order chi connectivity index (χ1) is 8.78. The Morgan fingerprint density at radius 2 is 1.94 bits per heavy atom. The van der Waals surface area contributed by atoms with E-state index >= 15 is 0 Å². The molecule has 1 aliphatic carbocycles. The first-order valence-electron chi connectivity index (χ1n) is 6.57. The highest BCUT2D eigenvalue weighted by Gasteiger charge is 2.21. The van der Waals surface area contributed by atoms with E-state index in [2.05, 4.69) is 10.3 Å². The molecule has 4 heteroatoms. The molecule has 0 spiro atoms. The van der Waals surface area contributed by atoms with Gasteiger partial charge in [-0.25, -0.2) is 0 Å². The zero-order valence-corrected chi connectivity index (χ0v) is 10.5. The standard InChI is InChI=1S/C14H20N2O2/c17-10-12-1-3-13(4-2-12)16-14(18)9-11-5-7-15-8-6-11/h5-8,12-13,17H,1-4,9-10H2,(H,16,18). The molecule has 1 fully saturated rings. The van der Waals surface area contributed by atoms with Crippen LogP contribution in [0.3, 0.4) is 0 Å². The second-order valence-electron chi connectivity index (χ2n) is 5.00. The normalized spacial score (nSPS) is 23.6. The first-order valence-corrected chi connectivity index (χ1v) is 6.57. The molecule has 0 aliphatic heterocycles. The zero-order chi connectivity index (χ0) is 12.8. The summed E-state index contributed by atoms with van der Waals surface area (Å²) in [5, 5.41) is 12.1. The Bertz CT molecular complexity index is 373. The van der Waals surface area contributed by atoms with Gasteiger partial charge in [-0.1, -0.05) is 0 Å². The number of hydrogen-bond donors (Lipinski definition) is 2. The van der Waals surface area contributed by atoms with Crippen LogP contribution in [0.15, 0.2) is 24.5 Å². The molecule has 0 aromatic carbocycles. The number of aliphatic hydroxyl groups excluding tert-OH is 1. The molecule has 2 rings (SSSR count). The number of carbonyl (C=O) groups is 1. The molecule has 1 heterocycles. The van der Waals surface area contributed by atoms with Crippen LogP contribution in [0, 0.1) is 5.92 Å². The van der Waals surface area contributed by atoms with E-state index < -0.39 is 0 Å². The van der Waals surface area contributed by atoms with Crippen molar-refractivity contribution in [3.8, 4) is 0 Å². The maximum atomic E-state index is 11.9. The van der Waals surface area contributed by atoms with Crippen molar-refractivity contribution in [3.63, 3.8) is 0 Å². The number of nitrogens with zero attached hydrogens (tertiary/aromatic N) is 1. The van der Waals surface area contributed by atoms with Gasteiger partial charge in [-0.15, -0.1) is 0 Å². The lowest BCUT2D eigenvalue weighted by atomic mass is 9.86. The van der Waals surface area contributed by atoms with Gasteiger partial charge in [0.2, 0.25) is 5.91 Å². The predicted molar refractivity (Wildman–Crippen MR) is 68.9 cm³/mol. The SMILES string of the molecule is O=C(Cc1ccncc1)NC1CCC(CO)CC1.